The number of anilines is 2. The smallest absolute Gasteiger partial charge is 0.265 e. The van der Waals surface area contributed by atoms with Crippen molar-refractivity contribution in [1.29, 1.82) is 0 Å². The molecule has 0 saturated heterocycles. The van der Waals surface area contributed by atoms with Crippen molar-refractivity contribution < 1.29 is 19.2 Å². The van der Waals surface area contributed by atoms with E-state index in [0.717, 1.165) is 21.9 Å². The summed E-state index contributed by atoms with van der Waals surface area (Å²) < 4.78 is 0. The van der Waals surface area contributed by atoms with Crippen LogP contribution in [0.1, 0.15) is 41.4 Å². The quantitative estimate of drug-likeness (QED) is 0.220. The van der Waals surface area contributed by atoms with Crippen LogP contribution in [0.4, 0.5) is 11.4 Å². The number of rotatable bonds is 3. The van der Waals surface area contributed by atoms with E-state index < -0.39 is 0 Å². The molecule has 6 nitrogen and oxygen atoms in total. The van der Waals surface area contributed by atoms with Gasteiger partial charge in [0.1, 0.15) is 0 Å². The molecule has 0 N–H and O–H groups in total. The first-order chi connectivity index (χ1) is 20.5. The van der Waals surface area contributed by atoms with Crippen molar-refractivity contribution in [3.63, 3.8) is 0 Å². The Morgan fingerprint density at radius 1 is 0.333 bits per heavy atom. The molecule has 0 aromatic heterocycles. The fourth-order valence-electron chi connectivity index (χ4n) is 6.14. The Bertz CT molecular complexity index is 1910. The Balaban J connectivity index is 1.09. The van der Waals surface area contributed by atoms with Crippen LogP contribution in [0.5, 0.6) is 0 Å². The number of hydrogen-bond acceptors (Lipinski definition) is 4. The van der Waals surface area contributed by atoms with E-state index in [-0.39, 0.29) is 23.6 Å². The van der Waals surface area contributed by atoms with Gasteiger partial charge in [-0.1, -0.05) is 72.8 Å². The van der Waals surface area contributed by atoms with Crippen LogP contribution < -0.4 is 9.80 Å². The molecule has 6 aromatic rings. The molecule has 8 rings (SSSR count). The van der Waals surface area contributed by atoms with Crippen LogP contribution in [-0.4, -0.2) is 23.6 Å². The highest BCUT2D eigenvalue weighted by atomic mass is 16.2. The lowest BCUT2D eigenvalue weighted by Gasteiger charge is -2.27. The topological polar surface area (TPSA) is 74.8 Å². The molecular formula is C36H20N2O4. The summed E-state index contributed by atoms with van der Waals surface area (Å²) >= 11 is 0. The monoisotopic (exact) mass is 544 g/mol. The lowest BCUT2D eigenvalue weighted by Crippen LogP contribution is -2.40. The van der Waals surface area contributed by atoms with E-state index in [1.165, 1.54) is 9.80 Å². The molecule has 6 aromatic carbocycles. The van der Waals surface area contributed by atoms with Crippen LogP contribution in [-0.2, 0) is 0 Å². The van der Waals surface area contributed by atoms with Gasteiger partial charge in [0, 0.05) is 33.0 Å². The summed E-state index contributed by atoms with van der Waals surface area (Å²) in [6, 6.07) is 36.3. The van der Waals surface area contributed by atoms with Crippen LogP contribution in [0.15, 0.2) is 121 Å². The van der Waals surface area contributed by atoms with Crippen molar-refractivity contribution in [2.75, 3.05) is 9.80 Å². The van der Waals surface area contributed by atoms with Crippen molar-refractivity contribution >= 4 is 56.5 Å². The molecule has 0 spiro atoms. The largest absolute Gasteiger partial charge is 0.268 e. The van der Waals surface area contributed by atoms with Crippen LogP contribution in [0.3, 0.4) is 0 Å². The van der Waals surface area contributed by atoms with Crippen molar-refractivity contribution in [2.24, 2.45) is 0 Å². The number of amides is 4. The minimum absolute atomic E-state index is 0.352. The van der Waals surface area contributed by atoms with Gasteiger partial charge in [-0.2, -0.15) is 0 Å². The van der Waals surface area contributed by atoms with E-state index in [4.69, 9.17) is 0 Å². The second-order valence-electron chi connectivity index (χ2n) is 10.4. The molecule has 2 aliphatic rings. The highest BCUT2D eigenvalue weighted by molar-refractivity contribution is 6.36. The van der Waals surface area contributed by atoms with Crippen molar-refractivity contribution in [3.05, 3.63) is 144 Å². The number of nitrogens with zero attached hydrogens (tertiary/aromatic N) is 2. The molecule has 42 heavy (non-hydrogen) atoms. The van der Waals surface area contributed by atoms with Gasteiger partial charge in [0.2, 0.25) is 0 Å². The maximum absolute atomic E-state index is 13.4. The third-order valence-electron chi connectivity index (χ3n) is 8.13. The molecule has 198 valence electrons. The third kappa shape index (κ3) is 3.32. The predicted octanol–water partition coefficient (Wildman–Crippen LogP) is 7.26. The Labute approximate surface area is 240 Å². The van der Waals surface area contributed by atoms with Crippen molar-refractivity contribution in [2.45, 2.75) is 0 Å². The molecule has 6 heteroatoms. The lowest BCUT2D eigenvalue weighted by atomic mass is 9.93. The highest BCUT2D eigenvalue weighted by Crippen LogP contribution is 2.36. The van der Waals surface area contributed by atoms with Gasteiger partial charge >= 0.3 is 0 Å². The van der Waals surface area contributed by atoms with Crippen LogP contribution in [0.2, 0.25) is 0 Å². The molecule has 0 bridgehead atoms. The first kappa shape index (κ1) is 24.0. The van der Waals surface area contributed by atoms with Gasteiger partial charge in [-0.25, -0.2) is 9.80 Å². The molecule has 0 fully saturated rings. The maximum Gasteiger partial charge on any atom is 0.265 e. The zero-order chi connectivity index (χ0) is 28.5. The average molecular weight is 545 g/mol. The summed E-state index contributed by atoms with van der Waals surface area (Å²) in [5.74, 6) is -1.41. The standard InChI is InChI=1S/C36H20N2O4/c39-33-27-9-1-5-23-6-2-10-28(31(23)27)34(40)37(33)25-17-13-21(14-18-25)22-15-19-26(20-16-22)38-35(41)29-11-3-7-24-8-4-12-30(32(24)29)36(38)42/h1-20H. The molecule has 4 amide bonds. The Kier molecular flexibility index (Phi) is 5.03. The van der Waals surface area contributed by atoms with Gasteiger partial charge in [0.05, 0.1) is 11.4 Å². The van der Waals surface area contributed by atoms with Crippen LogP contribution >= 0.6 is 0 Å². The Hall–Kier alpha value is -5.88. The summed E-state index contributed by atoms with van der Waals surface area (Å²) in [5.41, 5.74) is 4.69. The summed E-state index contributed by atoms with van der Waals surface area (Å²) in [4.78, 5) is 56.0. The van der Waals surface area contributed by atoms with Gasteiger partial charge < -0.3 is 0 Å². The number of carbonyl (C=O) groups excluding carboxylic acids is 4. The first-order valence-electron chi connectivity index (χ1n) is 13.5. The second kappa shape index (κ2) is 8.81. The maximum atomic E-state index is 13.4. The molecule has 0 aliphatic carbocycles. The average Bonchev–Trinajstić information content (AvgIpc) is 3.03. The molecule has 2 aliphatic heterocycles. The Morgan fingerprint density at radius 3 is 0.905 bits per heavy atom. The van der Waals surface area contributed by atoms with E-state index >= 15 is 0 Å². The summed E-state index contributed by atoms with van der Waals surface area (Å²) in [6.45, 7) is 0. The van der Waals surface area contributed by atoms with E-state index in [1.807, 2.05) is 72.8 Å². The van der Waals surface area contributed by atoms with Gasteiger partial charge in [-0.15, -0.1) is 0 Å². The fourth-order valence-corrected chi connectivity index (χ4v) is 6.14. The SMILES string of the molecule is O=C1c2cccc3cccc(c23)C(=O)N1c1ccc(-c2ccc(N3C(=O)c4cccc5cccc(c45)C3=O)cc2)cc1. The third-order valence-corrected chi connectivity index (χ3v) is 8.13. The number of imide groups is 2. The summed E-state index contributed by atoms with van der Waals surface area (Å²) in [7, 11) is 0. The highest BCUT2D eigenvalue weighted by Gasteiger charge is 2.35. The van der Waals surface area contributed by atoms with Crippen molar-refractivity contribution in [1.82, 2.24) is 0 Å². The molecule has 2 heterocycles. The fraction of sp³-hybridized carbons (Fsp3) is 0. The molecule has 0 saturated carbocycles. The molecule has 0 radical (unpaired) electrons. The van der Waals surface area contributed by atoms with E-state index in [9.17, 15) is 19.2 Å². The van der Waals surface area contributed by atoms with Crippen LogP contribution in [0, 0.1) is 0 Å². The summed E-state index contributed by atoms with van der Waals surface area (Å²) in [6.07, 6.45) is 0. The number of benzene rings is 6. The summed E-state index contributed by atoms with van der Waals surface area (Å²) in [5, 5.41) is 3.10. The van der Waals surface area contributed by atoms with E-state index in [0.29, 0.717) is 44.4 Å². The number of hydrogen-bond donors (Lipinski definition) is 0. The second-order valence-corrected chi connectivity index (χ2v) is 10.4. The van der Waals surface area contributed by atoms with E-state index in [2.05, 4.69) is 0 Å². The van der Waals surface area contributed by atoms with Gasteiger partial charge in [0.15, 0.2) is 0 Å². The minimum atomic E-state index is -0.352. The lowest BCUT2D eigenvalue weighted by molar-refractivity contribution is 0.0877. The minimum Gasteiger partial charge on any atom is -0.268 e. The normalized spacial score (nSPS) is 14.3. The van der Waals surface area contributed by atoms with Crippen molar-refractivity contribution in [3.8, 4) is 11.1 Å². The zero-order valence-corrected chi connectivity index (χ0v) is 22.1. The van der Waals surface area contributed by atoms with Crippen LogP contribution in [0.25, 0.3) is 32.7 Å². The van der Waals surface area contributed by atoms with Gasteiger partial charge in [-0.3, -0.25) is 19.2 Å². The zero-order valence-electron chi connectivity index (χ0n) is 22.1. The predicted molar refractivity (Wildman–Crippen MR) is 162 cm³/mol. The molecule has 0 unspecified atom stereocenters. The first-order valence-corrected chi connectivity index (χ1v) is 13.5. The van der Waals surface area contributed by atoms with Gasteiger partial charge in [-0.05, 0) is 70.4 Å². The molecule has 0 atom stereocenters. The van der Waals surface area contributed by atoms with E-state index in [1.54, 1.807) is 48.5 Å². The Morgan fingerprint density at radius 2 is 0.619 bits per heavy atom. The molecular weight excluding hydrogens is 524 g/mol. The number of carbonyl (C=O) groups is 4. The van der Waals surface area contributed by atoms with Gasteiger partial charge in [0.25, 0.3) is 23.6 Å².